The fourth-order valence-electron chi connectivity index (χ4n) is 2.22. The number of ether oxygens (including phenoxy) is 1. The molecule has 0 aliphatic heterocycles. The molecule has 0 bridgehead atoms. The maximum Gasteiger partial charge on any atom is 0.142 e. The number of nitrogens with zero attached hydrogens (tertiary/aromatic N) is 2. The van der Waals surface area contributed by atoms with Gasteiger partial charge in [-0.2, -0.15) is 0 Å². The molecule has 0 saturated carbocycles. The van der Waals surface area contributed by atoms with Gasteiger partial charge in [0.05, 0.1) is 37.8 Å². The first kappa shape index (κ1) is 17.1. The van der Waals surface area contributed by atoms with Crippen LogP contribution in [0.1, 0.15) is 33.6 Å². The number of hydrogen-bond donors (Lipinski definition) is 4. The smallest absolute Gasteiger partial charge is 0.142 e. The fourth-order valence-corrected chi connectivity index (χ4v) is 2.22. The molecule has 2 aromatic heterocycles. The highest BCUT2D eigenvalue weighted by Gasteiger charge is 2.14. The molecule has 2 rings (SSSR count). The molecule has 0 spiro atoms. The van der Waals surface area contributed by atoms with E-state index in [-0.39, 0.29) is 37.9 Å². The van der Waals surface area contributed by atoms with Crippen LogP contribution in [0.15, 0.2) is 12.4 Å². The maximum absolute atomic E-state index is 10.1. The summed E-state index contributed by atoms with van der Waals surface area (Å²) in [6.45, 7) is 2.86. The minimum Gasteiger partial charge on any atom is -0.506 e. The van der Waals surface area contributed by atoms with Gasteiger partial charge in [-0.15, -0.1) is 0 Å². The van der Waals surface area contributed by atoms with Crippen LogP contribution in [0.2, 0.25) is 0 Å². The summed E-state index contributed by atoms with van der Waals surface area (Å²) in [5.74, 6) is -0.0388. The molecule has 0 fully saturated rings. The standard InChI is InChI=1S/C16H20N2O5/c1-9-15(21)13(11(5-19)3-17-9)7-23-8-14-12(6-20)4-18-10(2)16(14)22/h3-4,19-22H,5-8H2,1-2H3. The zero-order valence-electron chi connectivity index (χ0n) is 13.1. The number of aromatic nitrogens is 2. The summed E-state index contributed by atoms with van der Waals surface area (Å²) < 4.78 is 5.56. The SMILES string of the molecule is Cc1ncc(CO)c(COCc2c(CO)cnc(C)c2O)c1O. The van der Waals surface area contributed by atoms with Gasteiger partial charge in [-0.05, 0) is 13.8 Å². The fraction of sp³-hybridized carbons (Fsp3) is 0.375. The minimum atomic E-state index is -0.263. The summed E-state index contributed by atoms with van der Waals surface area (Å²) in [5, 5.41) is 38.8. The van der Waals surface area contributed by atoms with Crippen LogP contribution in [0.3, 0.4) is 0 Å². The van der Waals surface area contributed by atoms with Gasteiger partial charge in [-0.3, -0.25) is 9.97 Å². The van der Waals surface area contributed by atoms with E-state index in [0.717, 1.165) is 0 Å². The Labute approximate surface area is 133 Å². The predicted molar refractivity (Wildman–Crippen MR) is 81.6 cm³/mol. The molecule has 2 heterocycles. The topological polar surface area (TPSA) is 116 Å². The third-order valence-electron chi connectivity index (χ3n) is 3.69. The number of aliphatic hydroxyl groups is 2. The summed E-state index contributed by atoms with van der Waals surface area (Å²) in [6, 6.07) is 0. The van der Waals surface area contributed by atoms with E-state index in [4.69, 9.17) is 4.74 Å². The van der Waals surface area contributed by atoms with Crippen molar-refractivity contribution in [2.24, 2.45) is 0 Å². The van der Waals surface area contributed by atoms with Crippen molar-refractivity contribution in [1.29, 1.82) is 0 Å². The molecule has 124 valence electrons. The summed E-state index contributed by atoms with van der Waals surface area (Å²) in [6.07, 6.45) is 2.97. The van der Waals surface area contributed by atoms with Crippen LogP contribution in [0.4, 0.5) is 0 Å². The molecule has 4 N–H and O–H groups in total. The highest BCUT2D eigenvalue weighted by molar-refractivity contribution is 5.41. The summed E-state index contributed by atoms with van der Waals surface area (Å²) >= 11 is 0. The average Bonchev–Trinajstić information content (AvgIpc) is 2.55. The van der Waals surface area contributed by atoms with Gasteiger partial charge in [0, 0.05) is 34.6 Å². The van der Waals surface area contributed by atoms with Crippen LogP contribution < -0.4 is 0 Å². The average molecular weight is 320 g/mol. The lowest BCUT2D eigenvalue weighted by molar-refractivity contribution is 0.1000. The Balaban J connectivity index is 2.18. The van der Waals surface area contributed by atoms with E-state index in [2.05, 4.69) is 9.97 Å². The van der Waals surface area contributed by atoms with Gasteiger partial charge >= 0.3 is 0 Å². The first-order valence-electron chi connectivity index (χ1n) is 7.11. The second-order valence-corrected chi connectivity index (χ2v) is 5.20. The lowest BCUT2D eigenvalue weighted by Crippen LogP contribution is -2.04. The normalized spacial score (nSPS) is 11.0. The molecule has 0 amide bonds. The Morgan fingerprint density at radius 1 is 0.826 bits per heavy atom. The van der Waals surface area contributed by atoms with Crippen molar-refractivity contribution < 1.29 is 25.2 Å². The molecule has 0 aromatic carbocycles. The third-order valence-corrected chi connectivity index (χ3v) is 3.69. The van der Waals surface area contributed by atoms with Gasteiger partial charge in [0.2, 0.25) is 0 Å². The van der Waals surface area contributed by atoms with E-state index < -0.39 is 0 Å². The molecular formula is C16H20N2O5. The highest BCUT2D eigenvalue weighted by Crippen LogP contribution is 2.27. The monoisotopic (exact) mass is 320 g/mol. The number of hydrogen-bond acceptors (Lipinski definition) is 7. The largest absolute Gasteiger partial charge is 0.506 e. The van der Waals surface area contributed by atoms with Crippen LogP contribution in [0.5, 0.6) is 11.5 Å². The van der Waals surface area contributed by atoms with Crippen molar-refractivity contribution in [2.45, 2.75) is 40.3 Å². The Morgan fingerprint density at radius 3 is 1.57 bits per heavy atom. The van der Waals surface area contributed by atoms with E-state index in [1.54, 1.807) is 13.8 Å². The molecule has 0 radical (unpaired) electrons. The van der Waals surface area contributed by atoms with Crippen LogP contribution in [-0.2, 0) is 31.2 Å². The number of pyridine rings is 2. The lowest BCUT2D eigenvalue weighted by atomic mass is 10.1. The van der Waals surface area contributed by atoms with E-state index in [1.807, 2.05) is 0 Å². The van der Waals surface area contributed by atoms with Gasteiger partial charge in [0.1, 0.15) is 11.5 Å². The molecule has 0 unspecified atom stereocenters. The maximum atomic E-state index is 10.1. The van der Waals surface area contributed by atoms with Crippen molar-refractivity contribution in [3.8, 4) is 11.5 Å². The molecule has 7 heteroatoms. The van der Waals surface area contributed by atoms with Crippen molar-refractivity contribution in [3.63, 3.8) is 0 Å². The highest BCUT2D eigenvalue weighted by atomic mass is 16.5. The van der Waals surface area contributed by atoms with Crippen molar-refractivity contribution in [1.82, 2.24) is 9.97 Å². The van der Waals surface area contributed by atoms with Crippen LogP contribution in [-0.4, -0.2) is 30.4 Å². The van der Waals surface area contributed by atoms with Gasteiger partial charge in [-0.1, -0.05) is 0 Å². The molecule has 0 aliphatic rings. The minimum absolute atomic E-state index is 0.0194. The van der Waals surface area contributed by atoms with E-state index in [0.29, 0.717) is 33.6 Å². The Morgan fingerprint density at radius 2 is 1.22 bits per heavy atom. The Hall–Kier alpha value is -2.22. The van der Waals surface area contributed by atoms with Gasteiger partial charge in [0.15, 0.2) is 0 Å². The summed E-state index contributed by atoms with van der Waals surface area (Å²) in [4.78, 5) is 7.97. The van der Waals surface area contributed by atoms with Crippen molar-refractivity contribution >= 4 is 0 Å². The number of aromatic hydroxyl groups is 2. The number of rotatable bonds is 6. The van der Waals surface area contributed by atoms with Gasteiger partial charge < -0.3 is 25.2 Å². The molecule has 23 heavy (non-hydrogen) atoms. The molecular weight excluding hydrogens is 300 g/mol. The van der Waals surface area contributed by atoms with Crippen LogP contribution in [0.25, 0.3) is 0 Å². The van der Waals surface area contributed by atoms with Crippen molar-refractivity contribution in [3.05, 3.63) is 46.0 Å². The third kappa shape index (κ3) is 3.58. The number of aryl methyl sites for hydroxylation is 2. The first-order valence-corrected chi connectivity index (χ1v) is 7.11. The van der Waals surface area contributed by atoms with Gasteiger partial charge in [0.25, 0.3) is 0 Å². The Bertz CT molecular complexity index is 644. The zero-order chi connectivity index (χ0) is 17.0. The summed E-state index contributed by atoms with van der Waals surface area (Å²) in [7, 11) is 0. The van der Waals surface area contributed by atoms with Crippen LogP contribution in [0, 0.1) is 13.8 Å². The van der Waals surface area contributed by atoms with E-state index in [9.17, 15) is 20.4 Å². The zero-order valence-corrected chi connectivity index (χ0v) is 13.1. The van der Waals surface area contributed by atoms with E-state index >= 15 is 0 Å². The predicted octanol–water partition coefficient (Wildman–Crippen LogP) is 1.21. The van der Waals surface area contributed by atoms with Gasteiger partial charge in [-0.25, -0.2) is 0 Å². The first-order chi connectivity index (χ1) is 11.0. The molecule has 0 atom stereocenters. The number of aliphatic hydroxyl groups excluding tert-OH is 2. The molecule has 0 saturated heterocycles. The molecule has 7 nitrogen and oxygen atoms in total. The van der Waals surface area contributed by atoms with Crippen LogP contribution >= 0.6 is 0 Å². The molecule has 2 aromatic rings. The summed E-state index contributed by atoms with van der Waals surface area (Å²) in [5.41, 5.74) is 2.75. The van der Waals surface area contributed by atoms with E-state index in [1.165, 1.54) is 12.4 Å². The van der Waals surface area contributed by atoms with Crippen molar-refractivity contribution in [2.75, 3.05) is 0 Å². The second-order valence-electron chi connectivity index (χ2n) is 5.20. The molecule has 0 aliphatic carbocycles. The quantitative estimate of drug-likeness (QED) is 0.632. The lowest BCUT2D eigenvalue weighted by Gasteiger charge is -2.14. The second kappa shape index (κ2) is 7.36. The Kier molecular flexibility index (Phi) is 5.49.